The first kappa shape index (κ1) is 31.0. The van der Waals surface area contributed by atoms with E-state index in [0.717, 1.165) is 5.92 Å². The largest absolute Gasteiger partial charge is 0.303 e. The molecule has 0 atom stereocenters. The molecule has 0 aliphatic heterocycles. The second-order valence-corrected chi connectivity index (χ2v) is 10.7. The summed E-state index contributed by atoms with van der Waals surface area (Å²) in [6.45, 7) is 13.4. The highest BCUT2D eigenvalue weighted by atomic mass is 15.1. The molecule has 0 unspecified atom stereocenters. The fourth-order valence-corrected chi connectivity index (χ4v) is 4.69. The molecule has 0 bridgehead atoms. The molecule has 0 aliphatic rings. The van der Waals surface area contributed by atoms with Crippen LogP contribution in [0.1, 0.15) is 169 Å². The molecule has 0 spiro atoms. The zero-order valence-electron chi connectivity index (χ0n) is 22.7. The van der Waals surface area contributed by atoms with Crippen LogP contribution in [-0.4, -0.2) is 24.5 Å². The molecule has 1 heteroatoms. The lowest BCUT2D eigenvalue weighted by Gasteiger charge is -2.22. The van der Waals surface area contributed by atoms with Crippen LogP contribution in [0.2, 0.25) is 0 Å². The molecule has 0 amide bonds. The summed E-state index contributed by atoms with van der Waals surface area (Å²) in [5, 5.41) is 0. The van der Waals surface area contributed by atoms with Gasteiger partial charge in [-0.2, -0.15) is 0 Å². The van der Waals surface area contributed by atoms with Crippen LogP contribution < -0.4 is 0 Å². The zero-order valence-corrected chi connectivity index (χ0v) is 22.7. The maximum Gasteiger partial charge on any atom is -0.00187 e. The summed E-state index contributed by atoms with van der Waals surface area (Å²) in [5.74, 6) is 0.888. The minimum atomic E-state index is 0.888. The molecule has 0 aromatic rings. The molecule has 0 fully saturated rings. The average Bonchev–Trinajstić information content (AvgIpc) is 2.75. The first-order valence-corrected chi connectivity index (χ1v) is 14.9. The number of nitrogens with zero attached hydrogens (tertiary/aromatic N) is 1. The van der Waals surface area contributed by atoms with Gasteiger partial charge in [0.05, 0.1) is 0 Å². The standard InChI is InChI=1S/C30H63N/c1-5-7-9-11-15-19-23-27-31(28-24-20-16-12-10-8-6-2)29-25-21-17-13-14-18-22-26-30(3)4/h30H,5-29H2,1-4H3. The van der Waals surface area contributed by atoms with Gasteiger partial charge in [0.25, 0.3) is 0 Å². The van der Waals surface area contributed by atoms with Crippen molar-refractivity contribution in [1.82, 2.24) is 4.90 Å². The Kier molecular flexibility index (Phi) is 26.2. The number of hydrogen-bond donors (Lipinski definition) is 0. The third-order valence-corrected chi connectivity index (χ3v) is 6.91. The molecule has 1 nitrogen and oxygen atoms in total. The van der Waals surface area contributed by atoms with Crippen molar-refractivity contribution < 1.29 is 0 Å². The molecule has 0 saturated carbocycles. The summed E-state index contributed by atoms with van der Waals surface area (Å²) < 4.78 is 0. The van der Waals surface area contributed by atoms with Gasteiger partial charge in [0, 0.05) is 0 Å². The first-order chi connectivity index (χ1) is 15.2. The van der Waals surface area contributed by atoms with E-state index in [-0.39, 0.29) is 0 Å². The van der Waals surface area contributed by atoms with E-state index >= 15 is 0 Å². The second-order valence-electron chi connectivity index (χ2n) is 10.7. The fourth-order valence-electron chi connectivity index (χ4n) is 4.69. The second kappa shape index (κ2) is 26.2. The average molecular weight is 438 g/mol. The van der Waals surface area contributed by atoms with Crippen molar-refractivity contribution in [3.8, 4) is 0 Å². The van der Waals surface area contributed by atoms with Gasteiger partial charge in [-0.25, -0.2) is 0 Å². The van der Waals surface area contributed by atoms with Crippen LogP contribution in [0.3, 0.4) is 0 Å². The smallest absolute Gasteiger partial charge is 0.00187 e. The summed E-state index contributed by atoms with van der Waals surface area (Å²) in [4.78, 5) is 2.82. The molecule has 0 aromatic heterocycles. The van der Waals surface area contributed by atoms with Crippen molar-refractivity contribution in [2.45, 2.75) is 169 Å². The predicted molar refractivity (Wildman–Crippen MR) is 144 cm³/mol. The topological polar surface area (TPSA) is 3.24 Å². The Bertz CT molecular complexity index is 294. The van der Waals surface area contributed by atoms with Crippen molar-refractivity contribution in [2.24, 2.45) is 5.92 Å². The van der Waals surface area contributed by atoms with Crippen molar-refractivity contribution >= 4 is 0 Å². The van der Waals surface area contributed by atoms with Crippen molar-refractivity contribution in [3.63, 3.8) is 0 Å². The minimum absolute atomic E-state index is 0.888. The molecule has 0 aromatic carbocycles. The highest BCUT2D eigenvalue weighted by molar-refractivity contribution is 4.61. The van der Waals surface area contributed by atoms with E-state index < -0.39 is 0 Å². The van der Waals surface area contributed by atoms with Gasteiger partial charge in [-0.1, -0.05) is 150 Å². The van der Waals surface area contributed by atoms with Crippen molar-refractivity contribution in [3.05, 3.63) is 0 Å². The molecule has 188 valence electrons. The summed E-state index contributed by atoms with van der Waals surface area (Å²) in [5.41, 5.74) is 0. The van der Waals surface area contributed by atoms with E-state index in [1.807, 2.05) is 0 Å². The van der Waals surface area contributed by atoms with E-state index in [0.29, 0.717) is 0 Å². The van der Waals surface area contributed by atoms with Crippen LogP contribution in [-0.2, 0) is 0 Å². The van der Waals surface area contributed by atoms with Crippen LogP contribution in [0.4, 0.5) is 0 Å². The number of hydrogen-bond acceptors (Lipinski definition) is 1. The van der Waals surface area contributed by atoms with E-state index in [4.69, 9.17) is 0 Å². The summed E-state index contributed by atoms with van der Waals surface area (Å²) in [6, 6.07) is 0. The van der Waals surface area contributed by atoms with E-state index in [1.54, 1.807) is 0 Å². The molecule has 0 radical (unpaired) electrons. The normalized spacial score (nSPS) is 11.8. The maximum atomic E-state index is 2.82. The van der Waals surface area contributed by atoms with Crippen molar-refractivity contribution in [2.75, 3.05) is 19.6 Å². The SMILES string of the molecule is CCCCCCCCCN(CCCCCCCCC)CCCCCCCCCC(C)C. The third kappa shape index (κ3) is 26.1. The Hall–Kier alpha value is -0.0400. The zero-order chi connectivity index (χ0) is 22.8. The van der Waals surface area contributed by atoms with Gasteiger partial charge in [0.2, 0.25) is 0 Å². The Balaban J connectivity index is 3.82. The molecule has 0 rings (SSSR count). The van der Waals surface area contributed by atoms with Crippen LogP contribution in [0, 0.1) is 5.92 Å². The van der Waals surface area contributed by atoms with Gasteiger partial charge in [-0.05, 0) is 44.8 Å². The third-order valence-electron chi connectivity index (χ3n) is 6.91. The Morgan fingerprint density at radius 3 is 1.00 bits per heavy atom. The monoisotopic (exact) mass is 437 g/mol. The van der Waals surface area contributed by atoms with Gasteiger partial charge < -0.3 is 4.90 Å². The lowest BCUT2D eigenvalue weighted by molar-refractivity contribution is 0.254. The molecule has 0 saturated heterocycles. The highest BCUT2D eigenvalue weighted by Gasteiger charge is 2.05. The summed E-state index contributed by atoms with van der Waals surface area (Å²) in [7, 11) is 0. The van der Waals surface area contributed by atoms with E-state index in [1.165, 1.54) is 161 Å². The van der Waals surface area contributed by atoms with E-state index in [9.17, 15) is 0 Å². The molecular formula is C30H63N. The van der Waals surface area contributed by atoms with Gasteiger partial charge in [0.15, 0.2) is 0 Å². The fraction of sp³-hybridized carbons (Fsp3) is 1.00. The summed E-state index contributed by atoms with van der Waals surface area (Å²) in [6.07, 6.45) is 31.7. The van der Waals surface area contributed by atoms with Gasteiger partial charge in [-0.3, -0.25) is 0 Å². The number of rotatable bonds is 26. The van der Waals surface area contributed by atoms with Crippen molar-refractivity contribution in [1.29, 1.82) is 0 Å². The Morgan fingerprint density at radius 2 is 0.677 bits per heavy atom. The Labute approximate surface area is 199 Å². The van der Waals surface area contributed by atoms with Gasteiger partial charge >= 0.3 is 0 Å². The summed E-state index contributed by atoms with van der Waals surface area (Å²) >= 11 is 0. The predicted octanol–water partition coefficient (Wildman–Crippen LogP) is 10.6. The lowest BCUT2D eigenvalue weighted by atomic mass is 10.0. The maximum absolute atomic E-state index is 2.82. The molecule has 0 heterocycles. The lowest BCUT2D eigenvalue weighted by Crippen LogP contribution is -2.27. The van der Waals surface area contributed by atoms with Crippen LogP contribution in [0.25, 0.3) is 0 Å². The number of unbranched alkanes of at least 4 members (excludes halogenated alkanes) is 18. The molecule has 0 aliphatic carbocycles. The van der Waals surface area contributed by atoms with Crippen LogP contribution in [0.5, 0.6) is 0 Å². The first-order valence-electron chi connectivity index (χ1n) is 14.9. The van der Waals surface area contributed by atoms with Crippen LogP contribution >= 0.6 is 0 Å². The highest BCUT2D eigenvalue weighted by Crippen LogP contribution is 2.14. The molecule has 0 N–H and O–H groups in total. The van der Waals surface area contributed by atoms with E-state index in [2.05, 4.69) is 32.6 Å². The molecule has 31 heavy (non-hydrogen) atoms. The van der Waals surface area contributed by atoms with Gasteiger partial charge in [0.1, 0.15) is 0 Å². The van der Waals surface area contributed by atoms with Gasteiger partial charge in [-0.15, -0.1) is 0 Å². The molecular weight excluding hydrogens is 374 g/mol. The van der Waals surface area contributed by atoms with Crippen LogP contribution in [0.15, 0.2) is 0 Å². The minimum Gasteiger partial charge on any atom is -0.303 e. The Morgan fingerprint density at radius 1 is 0.387 bits per heavy atom. The quantitative estimate of drug-likeness (QED) is 0.122.